The van der Waals surface area contributed by atoms with E-state index in [2.05, 4.69) is 4.52 Å². The zero-order valence-corrected chi connectivity index (χ0v) is 9.69. The van der Waals surface area contributed by atoms with Gasteiger partial charge in [-0.1, -0.05) is 6.92 Å². The Hall–Kier alpha value is 0.260. The van der Waals surface area contributed by atoms with Crippen LogP contribution in [0.1, 0.15) is 13.3 Å². The molecule has 0 bridgehead atoms. The lowest BCUT2D eigenvalue weighted by Crippen LogP contribution is -2.34. The molecule has 0 aliphatic heterocycles. The highest BCUT2D eigenvalue weighted by Crippen LogP contribution is 2.63. The maximum atomic E-state index is 11.3. The SMILES string of the molecule is CCC(N)C(P(=O)(O)O)P(=O)(O)OC. The summed E-state index contributed by atoms with van der Waals surface area (Å²) < 4.78 is 26.4. The molecule has 7 nitrogen and oxygen atoms in total. The molecule has 0 aromatic carbocycles. The van der Waals surface area contributed by atoms with Crippen molar-refractivity contribution in [1.29, 1.82) is 0 Å². The third kappa shape index (κ3) is 3.44. The fraction of sp³-hybridized carbons (Fsp3) is 1.00. The van der Waals surface area contributed by atoms with Gasteiger partial charge in [-0.3, -0.25) is 9.13 Å². The fourth-order valence-corrected chi connectivity index (χ4v) is 4.42. The average molecular weight is 247 g/mol. The van der Waals surface area contributed by atoms with Crippen molar-refractivity contribution in [2.24, 2.45) is 5.73 Å². The first-order valence-electron chi connectivity index (χ1n) is 3.85. The second-order valence-corrected chi connectivity index (χ2v) is 7.01. The molecule has 0 aromatic rings. The van der Waals surface area contributed by atoms with Gasteiger partial charge in [-0.25, -0.2) is 0 Å². The van der Waals surface area contributed by atoms with E-state index in [4.69, 9.17) is 15.5 Å². The number of hydrogen-bond acceptors (Lipinski definition) is 4. The Morgan fingerprint density at radius 3 is 2.00 bits per heavy atom. The third-order valence-electron chi connectivity index (χ3n) is 1.79. The Balaban J connectivity index is 5.13. The van der Waals surface area contributed by atoms with E-state index in [-0.39, 0.29) is 6.42 Å². The lowest BCUT2D eigenvalue weighted by Gasteiger charge is -2.26. The standard InChI is InChI=1S/C5H15NO6P2/c1-3-4(6)5(13(7,8)9)14(10,11)12-2/h4-5H,3,6H2,1-2H3,(H,10,11)(H2,7,8,9). The van der Waals surface area contributed by atoms with Crippen LogP contribution >= 0.6 is 15.2 Å². The van der Waals surface area contributed by atoms with Gasteiger partial charge in [0.2, 0.25) is 0 Å². The van der Waals surface area contributed by atoms with Gasteiger partial charge in [0.25, 0.3) is 0 Å². The molecule has 0 fully saturated rings. The third-order valence-corrected chi connectivity index (χ3v) is 6.22. The molecule has 0 saturated carbocycles. The molecule has 0 aliphatic carbocycles. The van der Waals surface area contributed by atoms with Crippen LogP contribution in [0.25, 0.3) is 0 Å². The van der Waals surface area contributed by atoms with Gasteiger partial charge in [0, 0.05) is 13.2 Å². The Labute approximate surface area is 82.0 Å². The van der Waals surface area contributed by atoms with Gasteiger partial charge in [0.15, 0.2) is 5.40 Å². The number of hydrogen-bond donors (Lipinski definition) is 4. The predicted octanol–water partition coefficient (Wildman–Crippen LogP) is 0.0593. The monoisotopic (exact) mass is 247 g/mol. The van der Waals surface area contributed by atoms with Crippen LogP contribution in [0.5, 0.6) is 0 Å². The smallest absolute Gasteiger partial charge is 0.326 e. The lowest BCUT2D eigenvalue weighted by atomic mass is 10.3. The molecule has 86 valence electrons. The van der Waals surface area contributed by atoms with Crippen molar-refractivity contribution in [3.8, 4) is 0 Å². The highest BCUT2D eigenvalue weighted by Gasteiger charge is 2.48. The molecule has 3 unspecified atom stereocenters. The summed E-state index contributed by atoms with van der Waals surface area (Å²) in [6.45, 7) is 1.56. The van der Waals surface area contributed by atoms with E-state index in [0.29, 0.717) is 0 Å². The molecule has 5 N–H and O–H groups in total. The van der Waals surface area contributed by atoms with Crippen LogP contribution in [-0.2, 0) is 13.7 Å². The summed E-state index contributed by atoms with van der Waals surface area (Å²) in [5.74, 6) is 0. The van der Waals surface area contributed by atoms with Crippen molar-refractivity contribution >= 4 is 15.2 Å². The Bertz CT molecular complexity index is 275. The van der Waals surface area contributed by atoms with Crippen LogP contribution in [0.15, 0.2) is 0 Å². The van der Waals surface area contributed by atoms with Crippen molar-refractivity contribution in [3.63, 3.8) is 0 Å². The minimum Gasteiger partial charge on any atom is -0.326 e. The van der Waals surface area contributed by atoms with E-state index >= 15 is 0 Å². The molecule has 0 spiro atoms. The Morgan fingerprint density at radius 2 is 1.79 bits per heavy atom. The minimum absolute atomic E-state index is 0.170. The quantitative estimate of drug-likeness (QED) is 0.505. The minimum atomic E-state index is -4.75. The van der Waals surface area contributed by atoms with E-state index in [1.165, 1.54) is 0 Å². The van der Waals surface area contributed by atoms with Gasteiger partial charge in [-0.2, -0.15) is 0 Å². The summed E-state index contributed by atoms with van der Waals surface area (Å²) in [6, 6.07) is -1.08. The van der Waals surface area contributed by atoms with E-state index < -0.39 is 26.6 Å². The summed E-state index contributed by atoms with van der Waals surface area (Å²) >= 11 is 0. The second-order valence-electron chi connectivity index (χ2n) is 2.82. The van der Waals surface area contributed by atoms with Crippen molar-refractivity contribution in [3.05, 3.63) is 0 Å². The molecule has 9 heteroatoms. The van der Waals surface area contributed by atoms with Crippen LogP contribution in [0.3, 0.4) is 0 Å². The molecule has 0 heterocycles. The summed E-state index contributed by atoms with van der Waals surface area (Å²) in [5, 5.41) is -1.86. The van der Waals surface area contributed by atoms with Crippen LogP contribution in [-0.4, -0.2) is 33.2 Å². The normalized spacial score (nSPS) is 21.3. The molecule has 0 aromatic heterocycles. The van der Waals surface area contributed by atoms with Crippen LogP contribution in [0.4, 0.5) is 0 Å². The van der Waals surface area contributed by atoms with Gasteiger partial charge in [0.1, 0.15) is 0 Å². The summed E-state index contributed by atoms with van der Waals surface area (Å²) in [6.07, 6.45) is 0.170. The first-order valence-corrected chi connectivity index (χ1v) is 7.18. The summed E-state index contributed by atoms with van der Waals surface area (Å²) in [5.41, 5.74) is 5.36. The number of nitrogens with two attached hydrogens (primary N) is 1. The zero-order chi connectivity index (χ0) is 11.6. The summed E-state index contributed by atoms with van der Waals surface area (Å²) in [4.78, 5) is 26.9. The Kier molecular flexibility index (Phi) is 4.95. The van der Waals surface area contributed by atoms with Gasteiger partial charge in [-0.05, 0) is 6.42 Å². The molecule has 0 amide bonds. The molecule has 14 heavy (non-hydrogen) atoms. The maximum Gasteiger partial charge on any atom is 0.344 e. The molecule has 3 atom stereocenters. The molecule has 0 saturated heterocycles. The molecular formula is C5H15NO6P2. The van der Waals surface area contributed by atoms with Gasteiger partial charge < -0.3 is 24.9 Å². The summed E-state index contributed by atoms with van der Waals surface area (Å²) in [7, 11) is -8.21. The zero-order valence-electron chi connectivity index (χ0n) is 7.90. The fourth-order valence-electron chi connectivity index (χ4n) is 1.00. The van der Waals surface area contributed by atoms with Crippen LogP contribution in [0.2, 0.25) is 0 Å². The topological polar surface area (TPSA) is 130 Å². The lowest BCUT2D eigenvalue weighted by molar-refractivity contribution is 0.293. The van der Waals surface area contributed by atoms with Crippen LogP contribution < -0.4 is 5.73 Å². The highest BCUT2D eigenvalue weighted by molar-refractivity contribution is 7.71. The van der Waals surface area contributed by atoms with E-state index in [1.807, 2.05) is 0 Å². The van der Waals surface area contributed by atoms with Crippen molar-refractivity contribution in [2.45, 2.75) is 24.8 Å². The average Bonchev–Trinajstić information content (AvgIpc) is 2.01. The van der Waals surface area contributed by atoms with Crippen LogP contribution in [0, 0.1) is 0 Å². The Morgan fingerprint density at radius 1 is 1.36 bits per heavy atom. The van der Waals surface area contributed by atoms with Crippen molar-refractivity contribution in [2.75, 3.05) is 7.11 Å². The first kappa shape index (κ1) is 14.3. The van der Waals surface area contributed by atoms with Gasteiger partial charge >= 0.3 is 15.2 Å². The van der Waals surface area contributed by atoms with Crippen molar-refractivity contribution < 1.29 is 28.3 Å². The molecule has 0 radical (unpaired) electrons. The molecular weight excluding hydrogens is 232 g/mol. The second kappa shape index (κ2) is 4.86. The predicted molar refractivity (Wildman–Crippen MR) is 50.9 cm³/mol. The van der Waals surface area contributed by atoms with Gasteiger partial charge in [-0.15, -0.1) is 0 Å². The van der Waals surface area contributed by atoms with E-state index in [0.717, 1.165) is 7.11 Å². The maximum absolute atomic E-state index is 11.3. The van der Waals surface area contributed by atoms with Gasteiger partial charge in [0.05, 0.1) is 0 Å². The highest BCUT2D eigenvalue weighted by atomic mass is 31.2. The molecule has 0 aliphatic rings. The first-order chi connectivity index (χ1) is 6.16. The van der Waals surface area contributed by atoms with E-state index in [9.17, 15) is 14.0 Å². The van der Waals surface area contributed by atoms with Crippen molar-refractivity contribution in [1.82, 2.24) is 0 Å². The van der Waals surface area contributed by atoms with E-state index in [1.54, 1.807) is 6.92 Å². The number of rotatable bonds is 5. The largest absolute Gasteiger partial charge is 0.344 e. The molecule has 0 rings (SSSR count).